The zero-order valence-electron chi connectivity index (χ0n) is 14.2. The van der Waals surface area contributed by atoms with Crippen molar-refractivity contribution in [2.45, 2.75) is 71.8 Å². The van der Waals surface area contributed by atoms with Crippen molar-refractivity contribution in [3.05, 3.63) is 35.4 Å². The van der Waals surface area contributed by atoms with E-state index in [1.54, 1.807) is 0 Å². The zero-order valence-corrected chi connectivity index (χ0v) is 14.2. The van der Waals surface area contributed by atoms with Crippen LogP contribution in [0, 0.1) is 18.8 Å². The van der Waals surface area contributed by atoms with Crippen LogP contribution in [0.15, 0.2) is 24.3 Å². The van der Waals surface area contributed by atoms with E-state index in [2.05, 4.69) is 50.4 Å². The molecule has 1 unspecified atom stereocenters. The molecule has 1 N–H and O–H groups in total. The highest BCUT2D eigenvalue weighted by Gasteiger charge is 2.17. The van der Waals surface area contributed by atoms with Gasteiger partial charge in [-0.05, 0) is 57.1 Å². The molecule has 1 nitrogen and oxygen atoms in total. The van der Waals surface area contributed by atoms with Crippen molar-refractivity contribution in [2.24, 2.45) is 11.8 Å². The molecule has 1 fully saturated rings. The highest BCUT2D eigenvalue weighted by molar-refractivity contribution is 5.22. The first-order chi connectivity index (χ1) is 10.1. The normalized spacial score (nSPS) is 24.0. The summed E-state index contributed by atoms with van der Waals surface area (Å²) in [4.78, 5) is 0. The van der Waals surface area contributed by atoms with Gasteiger partial charge in [0.15, 0.2) is 0 Å². The van der Waals surface area contributed by atoms with Gasteiger partial charge in [0.25, 0.3) is 0 Å². The van der Waals surface area contributed by atoms with Gasteiger partial charge in [0, 0.05) is 6.04 Å². The van der Waals surface area contributed by atoms with Gasteiger partial charge in [-0.2, -0.15) is 0 Å². The number of benzene rings is 1. The molecule has 1 aliphatic carbocycles. The third-order valence-corrected chi connectivity index (χ3v) is 5.13. The molecule has 0 saturated heterocycles. The molecular weight excluding hydrogens is 254 g/mol. The number of hydrogen-bond acceptors (Lipinski definition) is 1. The van der Waals surface area contributed by atoms with E-state index in [1.165, 1.54) is 62.6 Å². The third-order valence-electron chi connectivity index (χ3n) is 5.13. The van der Waals surface area contributed by atoms with Gasteiger partial charge in [-0.3, -0.25) is 0 Å². The summed E-state index contributed by atoms with van der Waals surface area (Å²) in [5.41, 5.74) is 2.85. The highest BCUT2D eigenvalue weighted by atomic mass is 14.9. The van der Waals surface area contributed by atoms with Gasteiger partial charge in [0.1, 0.15) is 0 Å². The molecule has 0 heterocycles. The minimum absolute atomic E-state index is 0.632. The van der Waals surface area contributed by atoms with E-state index >= 15 is 0 Å². The SMILES string of the molecule is Cc1cccc(CCC(C)NCCC2CCC(C)CC2)c1. The van der Waals surface area contributed by atoms with Crippen LogP contribution < -0.4 is 5.32 Å². The Morgan fingerprint density at radius 2 is 1.95 bits per heavy atom. The first-order valence-corrected chi connectivity index (χ1v) is 8.92. The Balaban J connectivity index is 1.58. The van der Waals surface area contributed by atoms with Crippen LogP contribution in [0.25, 0.3) is 0 Å². The van der Waals surface area contributed by atoms with Crippen LogP contribution in [0.2, 0.25) is 0 Å². The maximum atomic E-state index is 3.73. The standard InChI is InChI=1S/C20H33N/c1-16-7-10-19(11-8-16)13-14-21-18(3)9-12-20-6-4-5-17(2)15-20/h4-6,15-16,18-19,21H,7-14H2,1-3H3. The van der Waals surface area contributed by atoms with Crippen LogP contribution >= 0.6 is 0 Å². The van der Waals surface area contributed by atoms with Gasteiger partial charge in [-0.25, -0.2) is 0 Å². The van der Waals surface area contributed by atoms with E-state index in [4.69, 9.17) is 0 Å². The molecule has 21 heavy (non-hydrogen) atoms. The lowest BCUT2D eigenvalue weighted by Crippen LogP contribution is -2.29. The molecule has 0 aromatic heterocycles. The lowest BCUT2D eigenvalue weighted by atomic mass is 9.81. The van der Waals surface area contributed by atoms with Crippen molar-refractivity contribution in [1.82, 2.24) is 5.32 Å². The molecule has 1 aromatic rings. The number of nitrogens with one attached hydrogen (secondary N) is 1. The van der Waals surface area contributed by atoms with Crippen LogP contribution in [-0.2, 0) is 6.42 Å². The lowest BCUT2D eigenvalue weighted by Gasteiger charge is -2.26. The van der Waals surface area contributed by atoms with Gasteiger partial charge >= 0.3 is 0 Å². The van der Waals surface area contributed by atoms with Crippen molar-refractivity contribution in [2.75, 3.05) is 6.54 Å². The summed E-state index contributed by atoms with van der Waals surface area (Å²) in [5.74, 6) is 1.96. The van der Waals surface area contributed by atoms with E-state index in [0.717, 1.165) is 11.8 Å². The Labute approximate surface area is 131 Å². The van der Waals surface area contributed by atoms with Crippen molar-refractivity contribution >= 4 is 0 Å². The van der Waals surface area contributed by atoms with E-state index in [0.29, 0.717) is 6.04 Å². The Morgan fingerprint density at radius 1 is 1.19 bits per heavy atom. The Hall–Kier alpha value is -0.820. The van der Waals surface area contributed by atoms with Crippen LogP contribution in [0.1, 0.15) is 63.5 Å². The van der Waals surface area contributed by atoms with Gasteiger partial charge in [0.05, 0.1) is 0 Å². The average Bonchev–Trinajstić information content (AvgIpc) is 2.47. The molecule has 0 bridgehead atoms. The van der Waals surface area contributed by atoms with E-state index in [-0.39, 0.29) is 0 Å². The molecule has 118 valence electrons. The molecular formula is C20H33N. The number of hydrogen-bond donors (Lipinski definition) is 1. The molecule has 1 saturated carbocycles. The molecule has 1 heteroatoms. The summed E-state index contributed by atoms with van der Waals surface area (Å²) < 4.78 is 0. The predicted molar refractivity (Wildman–Crippen MR) is 92.7 cm³/mol. The summed E-state index contributed by atoms with van der Waals surface area (Å²) in [6, 6.07) is 9.55. The highest BCUT2D eigenvalue weighted by Crippen LogP contribution is 2.29. The van der Waals surface area contributed by atoms with Gasteiger partial charge in [0.2, 0.25) is 0 Å². The molecule has 0 aliphatic heterocycles. The van der Waals surface area contributed by atoms with E-state index in [1.807, 2.05) is 0 Å². The van der Waals surface area contributed by atoms with Crippen molar-refractivity contribution in [3.63, 3.8) is 0 Å². The topological polar surface area (TPSA) is 12.0 Å². The molecule has 1 atom stereocenters. The fourth-order valence-corrected chi connectivity index (χ4v) is 3.50. The van der Waals surface area contributed by atoms with Crippen molar-refractivity contribution in [3.8, 4) is 0 Å². The molecule has 0 radical (unpaired) electrons. The number of rotatable bonds is 7. The molecule has 0 amide bonds. The minimum atomic E-state index is 0.632. The first kappa shape index (κ1) is 16.5. The summed E-state index contributed by atoms with van der Waals surface area (Å²) in [5, 5.41) is 3.73. The second-order valence-electron chi connectivity index (χ2n) is 7.30. The Kier molecular flexibility index (Phi) is 6.76. The second kappa shape index (κ2) is 8.58. The van der Waals surface area contributed by atoms with E-state index < -0.39 is 0 Å². The first-order valence-electron chi connectivity index (χ1n) is 8.92. The maximum absolute atomic E-state index is 3.73. The number of aryl methyl sites for hydroxylation is 2. The molecule has 0 spiro atoms. The molecule has 1 aliphatic rings. The summed E-state index contributed by atoms with van der Waals surface area (Å²) >= 11 is 0. The maximum Gasteiger partial charge on any atom is 0.00418 e. The van der Waals surface area contributed by atoms with Crippen molar-refractivity contribution < 1.29 is 0 Å². The zero-order chi connectivity index (χ0) is 15.1. The van der Waals surface area contributed by atoms with E-state index in [9.17, 15) is 0 Å². The average molecular weight is 287 g/mol. The van der Waals surface area contributed by atoms with Crippen LogP contribution in [0.3, 0.4) is 0 Å². The van der Waals surface area contributed by atoms with Crippen LogP contribution in [-0.4, -0.2) is 12.6 Å². The fraction of sp³-hybridized carbons (Fsp3) is 0.700. The largest absolute Gasteiger partial charge is 0.314 e. The van der Waals surface area contributed by atoms with Crippen molar-refractivity contribution in [1.29, 1.82) is 0 Å². The molecule has 1 aromatic carbocycles. The Bertz CT molecular complexity index is 404. The molecule has 2 rings (SSSR count). The third kappa shape index (κ3) is 6.22. The fourth-order valence-electron chi connectivity index (χ4n) is 3.50. The smallest absolute Gasteiger partial charge is 0.00418 e. The minimum Gasteiger partial charge on any atom is -0.314 e. The van der Waals surface area contributed by atoms with Gasteiger partial charge in [-0.1, -0.05) is 62.4 Å². The van der Waals surface area contributed by atoms with Crippen LogP contribution in [0.4, 0.5) is 0 Å². The quantitative estimate of drug-likeness (QED) is 0.733. The Morgan fingerprint density at radius 3 is 2.67 bits per heavy atom. The summed E-state index contributed by atoms with van der Waals surface area (Å²) in [6.07, 6.45) is 9.63. The van der Waals surface area contributed by atoms with Crippen LogP contribution in [0.5, 0.6) is 0 Å². The summed E-state index contributed by atoms with van der Waals surface area (Å²) in [7, 11) is 0. The van der Waals surface area contributed by atoms with Gasteiger partial charge < -0.3 is 5.32 Å². The summed E-state index contributed by atoms with van der Waals surface area (Å²) in [6.45, 7) is 8.12. The second-order valence-corrected chi connectivity index (χ2v) is 7.30. The monoisotopic (exact) mass is 287 g/mol. The lowest BCUT2D eigenvalue weighted by molar-refractivity contribution is 0.272. The predicted octanol–water partition coefficient (Wildman–Crippen LogP) is 5.12. The van der Waals surface area contributed by atoms with Gasteiger partial charge in [-0.15, -0.1) is 0 Å².